The van der Waals surface area contributed by atoms with E-state index in [1.165, 1.54) is 16.2 Å². The Bertz CT molecular complexity index is 581. The molecule has 1 N–H and O–H groups in total. The normalized spacial score (nSPS) is 14.9. The van der Waals surface area contributed by atoms with Crippen LogP contribution in [0.3, 0.4) is 0 Å². The van der Waals surface area contributed by atoms with E-state index in [9.17, 15) is 13.2 Å². The van der Waals surface area contributed by atoms with E-state index in [1.807, 2.05) is 0 Å². The molecule has 3 heterocycles. The number of hydrogen-bond acceptors (Lipinski definition) is 5. The largest absolute Gasteiger partial charge is 0.471 e. The second-order valence-corrected chi connectivity index (χ2v) is 4.86. The van der Waals surface area contributed by atoms with Crippen LogP contribution in [0.15, 0.2) is 9.90 Å². The summed E-state index contributed by atoms with van der Waals surface area (Å²) < 4.78 is 41.4. The van der Waals surface area contributed by atoms with Gasteiger partial charge in [-0.3, -0.25) is 0 Å². The van der Waals surface area contributed by atoms with Crippen molar-refractivity contribution in [1.29, 1.82) is 0 Å². The highest BCUT2D eigenvalue weighted by Gasteiger charge is 2.38. The fraction of sp³-hybridized carbons (Fsp3) is 0.400. The number of hydrogen-bond donors (Lipinski definition) is 1. The molecule has 3 rings (SSSR count). The number of nitrogens with one attached hydrogen (secondary N) is 1. The first-order valence-corrected chi connectivity index (χ1v) is 6.15. The average Bonchev–Trinajstić information content (AvgIpc) is 2.94. The standard InChI is InChI=1S/C10H8F3N3OS.ClH/c11-10(12,13)9-15-8(16-17-9)6-4-18-7-1-2-14-3-5(6)7;/h4,14H,1-3H2;1H. The van der Waals surface area contributed by atoms with Crippen LogP contribution < -0.4 is 5.32 Å². The van der Waals surface area contributed by atoms with Gasteiger partial charge in [-0.1, -0.05) is 5.16 Å². The summed E-state index contributed by atoms with van der Waals surface area (Å²) in [5.41, 5.74) is 1.60. The van der Waals surface area contributed by atoms with Crippen LogP contribution >= 0.6 is 23.7 Å². The Morgan fingerprint density at radius 3 is 2.84 bits per heavy atom. The fourth-order valence-electron chi connectivity index (χ4n) is 1.88. The summed E-state index contributed by atoms with van der Waals surface area (Å²) in [7, 11) is 0. The molecule has 0 aliphatic carbocycles. The summed E-state index contributed by atoms with van der Waals surface area (Å²) in [5.74, 6) is -1.30. The van der Waals surface area contributed by atoms with E-state index in [4.69, 9.17) is 0 Å². The predicted octanol–water partition coefficient (Wildman–Crippen LogP) is 2.88. The number of alkyl halides is 3. The van der Waals surface area contributed by atoms with Gasteiger partial charge in [-0.05, 0) is 12.0 Å². The van der Waals surface area contributed by atoms with Gasteiger partial charge in [0, 0.05) is 28.9 Å². The lowest BCUT2D eigenvalue weighted by atomic mass is 10.1. The van der Waals surface area contributed by atoms with Crippen LogP contribution in [0.25, 0.3) is 11.4 Å². The van der Waals surface area contributed by atoms with Gasteiger partial charge in [0.25, 0.3) is 0 Å². The molecule has 0 saturated heterocycles. The van der Waals surface area contributed by atoms with Crippen molar-refractivity contribution in [3.63, 3.8) is 0 Å². The summed E-state index contributed by atoms with van der Waals surface area (Å²) in [5, 5.41) is 8.36. The molecule has 4 nitrogen and oxygen atoms in total. The molecule has 2 aromatic rings. The van der Waals surface area contributed by atoms with Crippen molar-refractivity contribution in [3.05, 3.63) is 21.7 Å². The zero-order chi connectivity index (χ0) is 12.8. The molecular weight excluding hydrogens is 303 g/mol. The van der Waals surface area contributed by atoms with Gasteiger partial charge in [0.2, 0.25) is 5.82 Å². The minimum atomic E-state index is -4.60. The Labute approximate surface area is 116 Å². The minimum absolute atomic E-state index is 0. The number of halogens is 4. The molecule has 0 bridgehead atoms. The first-order chi connectivity index (χ1) is 8.55. The van der Waals surface area contributed by atoms with Crippen LogP contribution in [0.2, 0.25) is 0 Å². The van der Waals surface area contributed by atoms with Crippen molar-refractivity contribution in [1.82, 2.24) is 15.5 Å². The van der Waals surface area contributed by atoms with Crippen LogP contribution in [0.4, 0.5) is 13.2 Å². The Hall–Kier alpha value is -1.12. The van der Waals surface area contributed by atoms with Crippen LogP contribution in [-0.2, 0) is 19.1 Å². The molecule has 1 aliphatic heterocycles. The van der Waals surface area contributed by atoms with Gasteiger partial charge in [0.05, 0.1) is 0 Å². The topological polar surface area (TPSA) is 51.0 Å². The van der Waals surface area contributed by atoms with Gasteiger partial charge in [-0.25, -0.2) is 0 Å². The van der Waals surface area contributed by atoms with Crippen molar-refractivity contribution in [2.45, 2.75) is 19.1 Å². The second-order valence-electron chi connectivity index (χ2n) is 3.90. The van der Waals surface area contributed by atoms with E-state index in [0.717, 1.165) is 18.5 Å². The zero-order valence-corrected chi connectivity index (χ0v) is 11.1. The number of aromatic nitrogens is 2. The van der Waals surface area contributed by atoms with Crippen LogP contribution in [-0.4, -0.2) is 16.7 Å². The van der Waals surface area contributed by atoms with Gasteiger partial charge in [-0.2, -0.15) is 18.2 Å². The van der Waals surface area contributed by atoms with Crippen LogP contribution in [0.1, 0.15) is 16.3 Å². The molecule has 0 radical (unpaired) electrons. The monoisotopic (exact) mass is 311 g/mol. The van der Waals surface area contributed by atoms with Crippen molar-refractivity contribution >= 4 is 23.7 Å². The Kier molecular flexibility index (Phi) is 3.84. The third-order valence-electron chi connectivity index (χ3n) is 2.72. The predicted molar refractivity (Wildman–Crippen MR) is 65.3 cm³/mol. The molecular formula is C10H9ClF3N3OS. The molecule has 0 aromatic carbocycles. The Morgan fingerprint density at radius 2 is 2.16 bits per heavy atom. The maximum atomic E-state index is 12.4. The molecule has 0 fully saturated rings. The molecule has 0 amide bonds. The lowest BCUT2D eigenvalue weighted by Crippen LogP contribution is -2.22. The van der Waals surface area contributed by atoms with E-state index >= 15 is 0 Å². The van der Waals surface area contributed by atoms with Gasteiger partial charge >= 0.3 is 12.1 Å². The number of fused-ring (bicyclic) bond motifs is 1. The van der Waals surface area contributed by atoms with Crippen LogP contribution in [0, 0.1) is 0 Å². The highest BCUT2D eigenvalue weighted by molar-refractivity contribution is 7.10. The third kappa shape index (κ3) is 2.60. The Morgan fingerprint density at radius 1 is 1.37 bits per heavy atom. The van der Waals surface area contributed by atoms with Gasteiger partial charge in [0.15, 0.2) is 0 Å². The van der Waals surface area contributed by atoms with Crippen molar-refractivity contribution in [2.75, 3.05) is 6.54 Å². The van der Waals surface area contributed by atoms with Gasteiger partial charge in [0.1, 0.15) is 0 Å². The first kappa shape index (κ1) is 14.3. The maximum Gasteiger partial charge on any atom is 0.471 e. The first-order valence-electron chi connectivity index (χ1n) is 5.27. The molecule has 9 heteroatoms. The van der Waals surface area contributed by atoms with E-state index < -0.39 is 12.1 Å². The highest BCUT2D eigenvalue weighted by Crippen LogP contribution is 2.34. The fourth-order valence-corrected chi connectivity index (χ4v) is 2.93. The molecule has 0 atom stereocenters. The van der Waals surface area contributed by atoms with E-state index in [2.05, 4.69) is 20.0 Å². The molecule has 0 unspecified atom stereocenters. The lowest BCUT2D eigenvalue weighted by molar-refractivity contribution is -0.159. The quantitative estimate of drug-likeness (QED) is 0.880. The second kappa shape index (κ2) is 5.10. The third-order valence-corrected chi connectivity index (χ3v) is 3.81. The van der Waals surface area contributed by atoms with Crippen molar-refractivity contribution < 1.29 is 17.7 Å². The molecule has 19 heavy (non-hydrogen) atoms. The lowest BCUT2D eigenvalue weighted by Gasteiger charge is -2.13. The van der Waals surface area contributed by atoms with Crippen LogP contribution in [0.5, 0.6) is 0 Å². The summed E-state index contributed by atoms with van der Waals surface area (Å²) >= 11 is 1.52. The van der Waals surface area contributed by atoms with Gasteiger partial charge < -0.3 is 9.84 Å². The van der Waals surface area contributed by atoms with E-state index in [0.29, 0.717) is 12.1 Å². The smallest absolute Gasteiger partial charge is 0.329 e. The number of rotatable bonds is 1. The van der Waals surface area contributed by atoms with E-state index in [1.54, 1.807) is 5.38 Å². The summed E-state index contributed by atoms with van der Waals surface area (Å²) in [6.07, 6.45) is -3.72. The molecule has 0 saturated carbocycles. The molecule has 0 spiro atoms. The Balaban J connectivity index is 0.00000133. The number of thiophene rings is 1. The highest BCUT2D eigenvalue weighted by atomic mass is 35.5. The minimum Gasteiger partial charge on any atom is -0.329 e. The molecule has 104 valence electrons. The maximum absolute atomic E-state index is 12.4. The zero-order valence-electron chi connectivity index (χ0n) is 9.45. The summed E-state index contributed by atoms with van der Waals surface area (Å²) in [6, 6.07) is 0. The summed E-state index contributed by atoms with van der Waals surface area (Å²) in [6.45, 7) is 1.51. The van der Waals surface area contributed by atoms with Crippen molar-refractivity contribution in [2.24, 2.45) is 0 Å². The number of nitrogens with zero attached hydrogens (tertiary/aromatic N) is 2. The van der Waals surface area contributed by atoms with Crippen molar-refractivity contribution in [3.8, 4) is 11.4 Å². The molecule has 1 aliphatic rings. The van der Waals surface area contributed by atoms with Gasteiger partial charge in [-0.15, -0.1) is 23.7 Å². The molecule has 2 aromatic heterocycles. The SMILES string of the molecule is Cl.FC(F)(F)c1nc(-c2csc3c2CNCC3)no1. The average molecular weight is 312 g/mol. The van der Waals surface area contributed by atoms with E-state index in [-0.39, 0.29) is 18.2 Å². The summed E-state index contributed by atoms with van der Waals surface area (Å²) in [4.78, 5) is 4.58.